The summed E-state index contributed by atoms with van der Waals surface area (Å²) in [5.41, 5.74) is 1.59. The molecule has 0 aliphatic heterocycles. The van der Waals surface area contributed by atoms with Gasteiger partial charge >= 0.3 is 6.18 Å². The molecule has 1 fully saturated rings. The molecular weight excluding hydrogens is 407 g/mol. The molecule has 2 aliphatic rings. The molecule has 31 heavy (non-hydrogen) atoms. The Kier molecular flexibility index (Phi) is 6.23. The molecule has 0 amide bonds. The zero-order valence-electron chi connectivity index (χ0n) is 17.6. The lowest BCUT2D eigenvalue weighted by Gasteiger charge is -2.46. The zero-order chi connectivity index (χ0) is 22.2. The maximum atomic E-state index is 14.4. The number of allylic oxidation sites excluding steroid dienone is 2. The number of hydrogen-bond donors (Lipinski definition) is 0. The molecule has 2 aliphatic carbocycles. The molecule has 2 aromatic carbocycles. The second-order valence-corrected chi connectivity index (χ2v) is 8.87. The molecule has 0 spiro atoms. The van der Waals surface area contributed by atoms with E-state index < -0.39 is 23.4 Å². The lowest BCUT2D eigenvalue weighted by molar-refractivity contribution is -0.137. The third kappa shape index (κ3) is 4.42. The van der Waals surface area contributed by atoms with E-state index >= 15 is 0 Å². The summed E-state index contributed by atoms with van der Waals surface area (Å²) >= 11 is 0. The molecule has 5 heteroatoms. The number of rotatable bonds is 4. The van der Waals surface area contributed by atoms with Crippen molar-refractivity contribution in [3.8, 4) is 0 Å². The van der Waals surface area contributed by atoms with Crippen LogP contribution in [0, 0.1) is 23.5 Å². The van der Waals surface area contributed by atoms with Gasteiger partial charge in [0, 0.05) is 6.07 Å². The normalized spacial score (nSPS) is 26.0. The number of fused-ring (bicyclic) bond motifs is 3. The fraction of sp³-hybridized carbons (Fsp3) is 0.462. The van der Waals surface area contributed by atoms with Crippen LogP contribution in [0.4, 0.5) is 22.0 Å². The van der Waals surface area contributed by atoms with Crippen LogP contribution < -0.4 is 0 Å². The van der Waals surface area contributed by atoms with Crippen molar-refractivity contribution in [1.29, 1.82) is 0 Å². The predicted molar refractivity (Wildman–Crippen MR) is 112 cm³/mol. The molecule has 0 radical (unpaired) electrons. The van der Waals surface area contributed by atoms with Crippen molar-refractivity contribution < 1.29 is 22.0 Å². The first kappa shape index (κ1) is 22.0. The molecule has 2 aromatic rings. The van der Waals surface area contributed by atoms with Crippen LogP contribution in [-0.2, 0) is 12.6 Å². The second kappa shape index (κ2) is 8.76. The van der Waals surface area contributed by atoms with E-state index in [4.69, 9.17) is 0 Å². The first-order valence-electron chi connectivity index (χ1n) is 11.1. The summed E-state index contributed by atoms with van der Waals surface area (Å²) in [7, 11) is 0. The van der Waals surface area contributed by atoms with Crippen LogP contribution in [0.1, 0.15) is 73.1 Å². The van der Waals surface area contributed by atoms with Gasteiger partial charge in [0.05, 0.1) is 5.56 Å². The Morgan fingerprint density at radius 2 is 1.74 bits per heavy atom. The SMILES string of the molecule is CCCC=C[C@@H]1CC[C@H]2c3cc(F)cc(F)c3CC[C@@H]2[C@H]1c1ccc(C(F)(F)F)cc1. The zero-order valence-corrected chi connectivity index (χ0v) is 17.6. The third-order valence-electron chi connectivity index (χ3n) is 7.03. The van der Waals surface area contributed by atoms with E-state index in [1.807, 2.05) is 0 Å². The quantitative estimate of drug-likeness (QED) is 0.336. The lowest BCUT2D eigenvalue weighted by Crippen LogP contribution is -2.35. The fourth-order valence-electron chi connectivity index (χ4n) is 5.67. The summed E-state index contributed by atoms with van der Waals surface area (Å²) in [6, 6.07) is 7.91. The first-order valence-corrected chi connectivity index (χ1v) is 11.1. The van der Waals surface area contributed by atoms with Crippen molar-refractivity contribution in [2.24, 2.45) is 11.8 Å². The predicted octanol–water partition coefficient (Wildman–Crippen LogP) is 8.18. The van der Waals surface area contributed by atoms with Gasteiger partial charge in [0.2, 0.25) is 0 Å². The molecule has 0 N–H and O–H groups in total. The Hall–Kier alpha value is -2.17. The Morgan fingerprint density at radius 3 is 2.42 bits per heavy atom. The molecule has 166 valence electrons. The average molecular weight is 434 g/mol. The minimum atomic E-state index is -4.37. The van der Waals surface area contributed by atoms with E-state index in [2.05, 4.69) is 19.1 Å². The number of alkyl halides is 3. The monoisotopic (exact) mass is 434 g/mol. The van der Waals surface area contributed by atoms with Gasteiger partial charge in [0.1, 0.15) is 11.6 Å². The van der Waals surface area contributed by atoms with Crippen LogP contribution >= 0.6 is 0 Å². The lowest BCUT2D eigenvalue weighted by atomic mass is 9.58. The highest BCUT2D eigenvalue weighted by atomic mass is 19.4. The van der Waals surface area contributed by atoms with Gasteiger partial charge in [-0.2, -0.15) is 13.2 Å². The molecule has 0 heterocycles. The van der Waals surface area contributed by atoms with Crippen molar-refractivity contribution in [1.82, 2.24) is 0 Å². The molecule has 0 bridgehead atoms. The summed E-state index contributed by atoms with van der Waals surface area (Å²) in [5, 5.41) is 0. The smallest absolute Gasteiger partial charge is 0.207 e. The van der Waals surface area contributed by atoms with Crippen LogP contribution in [0.3, 0.4) is 0 Å². The minimum Gasteiger partial charge on any atom is -0.207 e. The minimum absolute atomic E-state index is 0.0251. The molecule has 0 aromatic heterocycles. The fourth-order valence-corrected chi connectivity index (χ4v) is 5.67. The maximum absolute atomic E-state index is 14.4. The Balaban J connectivity index is 1.72. The van der Waals surface area contributed by atoms with Gasteiger partial charge in [0.25, 0.3) is 0 Å². The van der Waals surface area contributed by atoms with Crippen LogP contribution in [0.25, 0.3) is 0 Å². The van der Waals surface area contributed by atoms with Crippen molar-refractivity contribution >= 4 is 0 Å². The summed E-state index contributed by atoms with van der Waals surface area (Å²) in [6.45, 7) is 2.11. The molecule has 0 saturated heterocycles. The van der Waals surface area contributed by atoms with E-state index in [1.54, 1.807) is 12.1 Å². The number of halogens is 5. The van der Waals surface area contributed by atoms with E-state index in [0.717, 1.165) is 61.4 Å². The molecule has 4 rings (SSSR count). The van der Waals surface area contributed by atoms with Crippen molar-refractivity contribution in [2.45, 2.75) is 63.5 Å². The highest BCUT2D eigenvalue weighted by molar-refractivity contribution is 5.39. The third-order valence-corrected chi connectivity index (χ3v) is 7.03. The van der Waals surface area contributed by atoms with Crippen LogP contribution in [0.5, 0.6) is 0 Å². The van der Waals surface area contributed by atoms with E-state index in [9.17, 15) is 22.0 Å². The number of unbranched alkanes of at least 4 members (excludes halogenated alkanes) is 1. The average Bonchev–Trinajstić information content (AvgIpc) is 2.73. The van der Waals surface area contributed by atoms with Crippen molar-refractivity contribution in [2.75, 3.05) is 0 Å². The van der Waals surface area contributed by atoms with Crippen molar-refractivity contribution in [3.05, 3.63) is 82.4 Å². The van der Waals surface area contributed by atoms with Crippen LogP contribution in [-0.4, -0.2) is 0 Å². The van der Waals surface area contributed by atoms with Crippen LogP contribution in [0.15, 0.2) is 48.6 Å². The van der Waals surface area contributed by atoms with Gasteiger partial charge in [-0.1, -0.05) is 37.6 Å². The standard InChI is InChI=1S/C26H27F5/c1-2-3-4-5-16-8-11-20-22(13-12-21-23(20)14-19(27)15-24(21)28)25(16)17-6-9-18(10-7-17)26(29,30)31/h4-7,9-10,14-16,20,22,25H,2-3,8,11-13H2,1H3/t16-,20-,22+,25-/m1/s1. The largest absolute Gasteiger partial charge is 0.416 e. The van der Waals surface area contributed by atoms with Gasteiger partial charge in [-0.25, -0.2) is 8.78 Å². The summed E-state index contributed by atoms with van der Waals surface area (Å²) < 4.78 is 67.6. The van der Waals surface area contributed by atoms with Crippen molar-refractivity contribution in [3.63, 3.8) is 0 Å². The summed E-state index contributed by atoms with van der Waals surface area (Å²) in [4.78, 5) is 0. The molecular formula is C26H27F5. The Morgan fingerprint density at radius 1 is 1.00 bits per heavy atom. The second-order valence-electron chi connectivity index (χ2n) is 8.87. The highest BCUT2D eigenvalue weighted by Gasteiger charge is 2.43. The highest BCUT2D eigenvalue weighted by Crippen LogP contribution is 2.54. The van der Waals surface area contributed by atoms with E-state index in [0.29, 0.717) is 12.0 Å². The Bertz CT molecular complexity index is 942. The molecule has 1 saturated carbocycles. The molecule has 0 nitrogen and oxygen atoms in total. The molecule has 0 unspecified atom stereocenters. The van der Waals surface area contributed by atoms with E-state index in [-0.39, 0.29) is 23.7 Å². The summed E-state index contributed by atoms with van der Waals surface area (Å²) in [6.07, 6.45) is 4.98. The van der Waals surface area contributed by atoms with Gasteiger partial charge in [0.15, 0.2) is 0 Å². The first-order chi connectivity index (χ1) is 14.8. The summed E-state index contributed by atoms with van der Waals surface area (Å²) in [5.74, 6) is -0.622. The number of hydrogen-bond acceptors (Lipinski definition) is 0. The van der Waals surface area contributed by atoms with Crippen LogP contribution in [0.2, 0.25) is 0 Å². The van der Waals surface area contributed by atoms with Gasteiger partial charge in [-0.15, -0.1) is 0 Å². The molecule has 4 atom stereocenters. The van der Waals surface area contributed by atoms with Gasteiger partial charge < -0.3 is 0 Å². The Labute approximate surface area is 180 Å². The van der Waals surface area contributed by atoms with E-state index in [1.165, 1.54) is 6.07 Å². The topological polar surface area (TPSA) is 0 Å². The maximum Gasteiger partial charge on any atom is 0.416 e. The number of benzene rings is 2. The van der Waals surface area contributed by atoms with Gasteiger partial charge in [-0.05, 0) is 90.7 Å². The van der Waals surface area contributed by atoms with Gasteiger partial charge in [-0.3, -0.25) is 0 Å².